The molecule has 3 aliphatic rings. The molecule has 0 bridgehead atoms. The average Bonchev–Trinajstić information content (AvgIpc) is 3.03. The van der Waals surface area contributed by atoms with Gasteiger partial charge in [0.25, 0.3) is 0 Å². The summed E-state index contributed by atoms with van der Waals surface area (Å²) in [6, 6.07) is 8.81. The summed E-state index contributed by atoms with van der Waals surface area (Å²) in [5.41, 5.74) is 5.41. The second-order valence-electron chi connectivity index (χ2n) is 7.05. The Bertz CT molecular complexity index is 816. The number of carbonyl (C=O) groups excluding carboxylic acids is 1. The number of hydrogen-bond acceptors (Lipinski definition) is 1. The number of nitrogens with one attached hydrogen (secondary N) is 1. The predicted octanol–water partition coefficient (Wildman–Crippen LogP) is 3.58. The Hall–Kier alpha value is -2.03. The standard InChI is InChI=1S/C19H20N2O/c1-11-6-7-14-15(10-11)18-17-13(8-9-21(18)19(14)22)12-4-2-3-5-16(12)20-17/h2-6,14-15,18,20H,7-10H2,1H3. The molecule has 2 aliphatic heterocycles. The molecule has 1 aromatic heterocycles. The molecule has 1 saturated heterocycles. The zero-order chi connectivity index (χ0) is 14.8. The van der Waals surface area contributed by atoms with Gasteiger partial charge in [0.2, 0.25) is 5.91 Å². The van der Waals surface area contributed by atoms with Gasteiger partial charge in [0.1, 0.15) is 0 Å². The van der Waals surface area contributed by atoms with E-state index in [0.29, 0.717) is 11.8 Å². The Kier molecular flexibility index (Phi) is 2.42. The Labute approximate surface area is 130 Å². The van der Waals surface area contributed by atoms with Crippen molar-refractivity contribution in [2.24, 2.45) is 11.8 Å². The lowest BCUT2D eigenvalue weighted by molar-refractivity contribution is -0.132. The molecule has 5 rings (SSSR count). The van der Waals surface area contributed by atoms with Crippen LogP contribution in [0.2, 0.25) is 0 Å². The number of carbonyl (C=O) groups is 1. The Morgan fingerprint density at radius 1 is 1.27 bits per heavy atom. The summed E-state index contributed by atoms with van der Waals surface area (Å²) in [6.45, 7) is 3.09. The normalized spacial score (nSPS) is 30.0. The van der Waals surface area contributed by atoms with Gasteiger partial charge in [-0.2, -0.15) is 0 Å². The zero-order valence-electron chi connectivity index (χ0n) is 12.8. The Morgan fingerprint density at radius 3 is 3.05 bits per heavy atom. The maximum absolute atomic E-state index is 12.8. The number of aromatic amines is 1. The minimum atomic E-state index is 0.200. The van der Waals surface area contributed by atoms with Crippen LogP contribution in [0.3, 0.4) is 0 Å². The summed E-state index contributed by atoms with van der Waals surface area (Å²) >= 11 is 0. The summed E-state index contributed by atoms with van der Waals surface area (Å²) in [7, 11) is 0. The molecule has 1 N–H and O–H groups in total. The van der Waals surface area contributed by atoms with Crippen molar-refractivity contribution >= 4 is 16.8 Å². The molecule has 3 unspecified atom stereocenters. The highest BCUT2D eigenvalue weighted by molar-refractivity contribution is 5.88. The first-order valence-corrected chi connectivity index (χ1v) is 8.29. The Morgan fingerprint density at radius 2 is 2.14 bits per heavy atom. The summed E-state index contributed by atoms with van der Waals surface area (Å²) in [5.74, 6) is 1.03. The minimum Gasteiger partial charge on any atom is -0.356 e. The van der Waals surface area contributed by atoms with E-state index in [2.05, 4.69) is 47.1 Å². The fourth-order valence-electron chi connectivity index (χ4n) is 4.89. The van der Waals surface area contributed by atoms with Crippen LogP contribution < -0.4 is 0 Å². The highest BCUT2D eigenvalue weighted by atomic mass is 16.2. The van der Waals surface area contributed by atoms with Crippen LogP contribution in [0.15, 0.2) is 35.9 Å². The van der Waals surface area contributed by atoms with Crippen LogP contribution >= 0.6 is 0 Å². The van der Waals surface area contributed by atoms with Gasteiger partial charge in [-0.1, -0.05) is 29.8 Å². The first kappa shape index (κ1) is 12.5. The van der Waals surface area contributed by atoms with Crippen LogP contribution in [0.25, 0.3) is 10.9 Å². The summed E-state index contributed by atoms with van der Waals surface area (Å²) in [5, 5.41) is 1.34. The third kappa shape index (κ3) is 1.49. The number of allylic oxidation sites excluding steroid dienone is 2. The van der Waals surface area contributed by atoms with Gasteiger partial charge in [-0.15, -0.1) is 0 Å². The number of amides is 1. The highest BCUT2D eigenvalue weighted by Gasteiger charge is 2.51. The number of nitrogens with zero attached hydrogens (tertiary/aromatic N) is 1. The maximum atomic E-state index is 12.8. The molecule has 1 aliphatic carbocycles. The van der Waals surface area contributed by atoms with E-state index in [1.165, 1.54) is 27.7 Å². The van der Waals surface area contributed by atoms with E-state index in [4.69, 9.17) is 0 Å². The maximum Gasteiger partial charge on any atom is 0.226 e. The number of benzene rings is 1. The van der Waals surface area contributed by atoms with Crippen LogP contribution in [-0.4, -0.2) is 22.3 Å². The van der Waals surface area contributed by atoms with Crippen molar-refractivity contribution in [2.75, 3.05) is 6.54 Å². The molecule has 1 fully saturated rings. The van der Waals surface area contributed by atoms with Crippen LogP contribution in [0.1, 0.15) is 37.1 Å². The first-order valence-electron chi connectivity index (χ1n) is 8.29. The SMILES string of the molecule is CC1=CCC2C(=O)N3CCc4c([nH]c5ccccc45)C3C2C1. The minimum absolute atomic E-state index is 0.200. The molecule has 0 spiro atoms. The number of hydrogen-bond donors (Lipinski definition) is 1. The molecule has 1 aromatic carbocycles. The van der Waals surface area contributed by atoms with E-state index < -0.39 is 0 Å². The van der Waals surface area contributed by atoms with E-state index >= 15 is 0 Å². The number of rotatable bonds is 0. The van der Waals surface area contributed by atoms with Gasteiger partial charge < -0.3 is 9.88 Å². The second kappa shape index (κ2) is 4.25. The number of fused-ring (bicyclic) bond motifs is 7. The molecular formula is C19H20N2O. The van der Waals surface area contributed by atoms with E-state index in [-0.39, 0.29) is 12.0 Å². The number of aromatic nitrogens is 1. The molecule has 3 heteroatoms. The average molecular weight is 292 g/mol. The molecule has 0 radical (unpaired) electrons. The molecule has 112 valence electrons. The van der Waals surface area contributed by atoms with Crippen molar-refractivity contribution in [3.63, 3.8) is 0 Å². The Balaban J connectivity index is 1.69. The van der Waals surface area contributed by atoms with Gasteiger partial charge in [0.05, 0.1) is 6.04 Å². The predicted molar refractivity (Wildman–Crippen MR) is 86.4 cm³/mol. The molecule has 22 heavy (non-hydrogen) atoms. The van der Waals surface area contributed by atoms with Crippen molar-refractivity contribution in [2.45, 2.75) is 32.2 Å². The van der Waals surface area contributed by atoms with Gasteiger partial charge in [-0.3, -0.25) is 4.79 Å². The molecule has 2 aromatic rings. The molecule has 3 heterocycles. The van der Waals surface area contributed by atoms with Crippen molar-refractivity contribution in [3.8, 4) is 0 Å². The molecule has 1 amide bonds. The van der Waals surface area contributed by atoms with Crippen molar-refractivity contribution < 1.29 is 4.79 Å². The van der Waals surface area contributed by atoms with Crippen LogP contribution in [0.5, 0.6) is 0 Å². The van der Waals surface area contributed by atoms with Crippen molar-refractivity contribution in [1.29, 1.82) is 0 Å². The lowest BCUT2D eigenvalue weighted by Crippen LogP contribution is -2.35. The van der Waals surface area contributed by atoms with Crippen LogP contribution in [0, 0.1) is 11.8 Å². The quantitative estimate of drug-likeness (QED) is 0.740. The van der Waals surface area contributed by atoms with Crippen molar-refractivity contribution in [3.05, 3.63) is 47.2 Å². The summed E-state index contributed by atoms with van der Waals surface area (Å²) in [6.07, 6.45) is 5.24. The van der Waals surface area contributed by atoms with Gasteiger partial charge >= 0.3 is 0 Å². The second-order valence-corrected chi connectivity index (χ2v) is 7.05. The fourth-order valence-corrected chi connectivity index (χ4v) is 4.89. The highest BCUT2D eigenvalue weighted by Crippen LogP contribution is 2.51. The summed E-state index contributed by atoms with van der Waals surface area (Å²) in [4.78, 5) is 18.6. The monoisotopic (exact) mass is 292 g/mol. The van der Waals surface area contributed by atoms with Gasteiger partial charge in [0.15, 0.2) is 0 Å². The summed E-state index contributed by atoms with van der Waals surface area (Å²) < 4.78 is 0. The lowest BCUT2D eigenvalue weighted by Gasteiger charge is -2.33. The first-order chi connectivity index (χ1) is 10.7. The van der Waals surface area contributed by atoms with E-state index in [1.807, 2.05) is 0 Å². The van der Waals surface area contributed by atoms with Crippen LogP contribution in [-0.2, 0) is 11.2 Å². The molecule has 3 atom stereocenters. The topological polar surface area (TPSA) is 36.1 Å². The van der Waals surface area contributed by atoms with E-state index in [1.54, 1.807) is 0 Å². The van der Waals surface area contributed by atoms with E-state index in [0.717, 1.165) is 25.8 Å². The van der Waals surface area contributed by atoms with Crippen LogP contribution in [0.4, 0.5) is 0 Å². The largest absolute Gasteiger partial charge is 0.356 e. The van der Waals surface area contributed by atoms with Gasteiger partial charge in [-0.05, 0) is 37.8 Å². The number of para-hydroxylation sites is 1. The molecule has 0 saturated carbocycles. The third-order valence-electron chi connectivity index (χ3n) is 5.88. The molecular weight excluding hydrogens is 272 g/mol. The van der Waals surface area contributed by atoms with E-state index in [9.17, 15) is 4.79 Å². The number of H-pyrrole nitrogens is 1. The fraction of sp³-hybridized carbons (Fsp3) is 0.421. The zero-order valence-corrected chi connectivity index (χ0v) is 12.8. The third-order valence-corrected chi connectivity index (χ3v) is 5.88. The van der Waals surface area contributed by atoms with Crippen molar-refractivity contribution in [1.82, 2.24) is 9.88 Å². The van der Waals surface area contributed by atoms with Gasteiger partial charge in [0, 0.05) is 35.0 Å². The smallest absolute Gasteiger partial charge is 0.226 e. The lowest BCUT2D eigenvalue weighted by atomic mass is 9.77. The molecule has 3 nitrogen and oxygen atoms in total. The van der Waals surface area contributed by atoms with Gasteiger partial charge in [-0.25, -0.2) is 0 Å².